The summed E-state index contributed by atoms with van der Waals surface area (Å²) in [5.74, 6) is -0.351. The Bertz CT molecular complexity index is 583. The van der Waals surface area contributed by atoms with Gasteiger partial charge in [0.1, 0.15) is 5.82 Å². The molecule has 0 aliphatic heterocycles. The molecule has 0 radical (unpaired) electrons. The molecule has 2 rings (SSSR count). The lowest BCUT2D eigenvalue weighted by molar-refractivity contribution is 0.0954. The number of carbonyl (C=O) groups excluding carboxylic acids is 1. The molecule has 0 saturated heterocycles. The van der Waals surface area contributed by atoms with Crippen molar-refractivity contribution in [3.8, 4) is 0 Å². The van der Waals surface area contributed by atoms with Gasteiger partial charge in [0.05, 0.1) is 0 Å². The topological polar surface area (TPSA) is 29.1 Å². The first-order valence-corrected chi connectivity index (χ1v) is 7.58. The highest BCUT2D eigenvalue weighted by atomic mass is 32.2. The molecule has 104 valence electrons. The van der Waals surface area contributed by atoms with Crippen molar-refractivity contribution in [2.75, 3.05) is 12.8 Å². The van der Waals surface area contributed by atoms with Crippen LogP contribution in [0.4, 0.5) is 4.39 Å². The van der Waals surface area contributed by atoms with E-state index < -0.39 is 0 Å². The maximum atomic E-state index is 13.0. The van der Waals surface area contributed by atoms with E-state index in [4.69, 9.17) is 0 Å². The third-order valence-corrected chi connectivity index (χ3v) is 3.68. The summed E-state index contributed by atoms with van der Waals surface area (Å²) in [5.41, 5.74) is 1.52. The van der Waals surface area contributed by atoms with Crippen LogP contribution in [-0.4, -0.2) is 18.7 Å². The van der Waals surface area contributed by atoms with Crippen molar-refractivity contribution in [2.45, 2.75) is 11.3 Å². The molecule has 0 aromatic heterocycles. The summed E-state index contributed by atoms with van der Waals surface area (Å²) in [6.07, 6.45) is 2.61. The SMILES string of the molecule is CSc1ccc(C(=O)NCCc2cccc(F)c2)cc1. The third kappa shape index (κ3) is 4.10. The maximum absolute atomic E-state index is 13.0. The van der Waals surface area contributed by atoms with Crippen LogP contribution in [0.2, 0.25) is 0 Å². The van der Waals surface area contributed by atoms with E-state index in [-0.39, 0.29) is 11.7 Å². The van der Waals surface area contributed by atoms with Crippen molar-refractivity contribution in [3.05, 3.63) is 65.5 Å². The minimum Gasteiger partial charge on any atom is -0.352 e. The summed E-state index contributed by atoms with van der Waals surface area (Å²) in [6, 6.07) is 13.9. The Hall–Kier alpha value is -1.81. The van der Waals surface area contributed by atoms with Crippen molar-refractivity contribution in [2.24, 2.45) is 0 Å². The number of amides is 1. The van der Waals surface area contributed by atoms with E-state index in [0.717, 1.165) is 10.5 Å². The Morgan fingerprint density at radius 2 is 1.95 bits per heavy atom. The summed E-state index contributed by atoms with van der Waals surface area (Å²) < 4.78 is 13.0. The molecule has 0 bridgehead atoms. The minimum atomic E-state index is -0.249. The molecule has 1 amide bonds. The Kier molecular flexibility index (Phi) is 5.18. The van der Waals surface area contributed by atoms with Gasteiger partial charge in [0.25, 0.3) is 5.91 Å². The normalized spacial score (nSPS) is 10.3. The number of halogens is 1. The van der Waals surface area contributed by atoms with Crippen molar-refractivity contribution >= 4 is 17.7 Å². The minimum absolute atomic E-state index is 0.103. The van der Waals surface area contributed by atoms with Gasteiger partial charge in [0, 0.05) is 17.0 Å². The van der Waals surface area contributed by atoms with Gasteiger partial charge >= 0.3 is 0 Å². The lowest BCUT2D eigenvalue weighted by Gasteiger charge is -2.06. The number of carbonyl (C=O) groups is 1. The first-order chi connectivity index (χ1) is 9.69. The van der Waals surface area contributed by atoms with Crippen molar-refractivity contribution in [3.63, 3.8) is 0 Å². The highest BCUT2D eigenvalue weighted by Gasteiger charge is 2.04. The summed E-state index contributed by atoms with van der Waals surface area (Å²) >= 11 is 1.64. The van der Waals surface area contributed by atoms with Crippen LogP contribution >= 0.6 is 11.8 Å². The van der Waals surface area contributed by atoms with Gasteiger partial charge in [-0.25, -0.2) is 4.39 Å². The molecule has 1 N–H and O–H groups in total. The van der Waals surface area contributed by atoms with Crippen LogP contribution in [0.25, 0.3) is 0 Å². The summed E-state index contributed by atoms with van der Waals surface area (Å²) in [6.45, 7) is 0.493. The Morgan fingerprint density at radius 3 is 2.60 bits per heavy atom. The first-order valence-electron chi connectivity index (χ1n) is 6.36. The lowest BCUT2D eigenvalue weighted by Crippen LogP contribution is -2.25. The molecule has 0 aliphatic carbocycles. The molecule has 2 nitrogen and oxygen atoms in total. The Morgan fingerprint density at radius 1 is 1.20 bits per heavy atom. The van der Waals surface area contributed by atoms with Crippen LogP contribution in [0.3, 0.4) is 0 Å². The first kappa shape index (κ1) is 14.6. The van der Waals surface area contributed by atoms with E-state index in [1.165, 1.54) is 12.1 Å². The van der Waals surface area contributed by atoms with E-state index in [1.807, 2.05) is 36.6 Å². The largest absolute Gasteiger partial charge is 0.352 e. The predicted octanol–water partition coefficient (Wildman–Crippen LogP) is 3.52. The third-order valence-electron chi connectivity index (χ3n) is 2.94. The van der Waals surface area contributed by atoms with Crippen LogP contribution in [-0.2, 0) is 6.42 Å². The molecule has 0 unspecified atom stereocenters. The van der Waals surface area contributed by atoms with E-state index in [9.17, 15) is 9.18 Å². The summed E-state index contributed by atoms with van der Waals surface area (Å²) in [5, 5.41) is 2.84. The zero-order valence-electron chi connectivity index (χ0n) is 11.2. The average Bonchev–Trinajstić information content (AvgIpc) is 2.47. The van der Waals surface area contributed by atoms with E-state index in [2.05, 4.69) is 5.32 Å². The van der Waals surface area contributed by atoms with Gasteiger partial charge in [-0.05, 0) is 54.6 Å². The van der Waals surface area contributed by atoms with Crippen LogP contribution in [0.1, 0.15) is 15.9 Å². The van der Waals surface area contributed by atoms with Crippen LogP contribution in [0.5, 0.6) is 0 Å². The van der Waals surface area contributed by atoms with Crippen molar-refractivity contribution < 1.29 is 9.18 Å². The van der Waals surface area contributed by atoms with Crippen LogP contribution < -0.4 is 5.32 Å². The fraction of sp³-hybridized carbons (Fsp3) is 0.188. The highest BCUT2D eigenvalue weighted by Crippen LogP contribution is 2.14. The zero-order valence-corrected chi connectivity index (χ0v) is 12.0. The van der Waals surface area contributed by atoms with Crippen molar-refractivity contribution in [1.29, 1.82) is 0 Å². The molecule has 0 heterocycles. The van der Waals surface area contributed by atoms with Crippen LogP contribution in [0.15, 0.2) is 53.4 Å². The number of hydrogen-bond donors (Lipinski definition) is 1. The second-order valence-corrected chi connectivity index (χ2v) is 5.24. The number of rotatable bonds is 5. The number of hydrogen-bond acceptors (Lipinski definition) is 2. The Labute approximate surface area is 122 Å². The van der Waals surface area contributed by atoms with Gasteiger partial charge in [-0.15, -0.1) is 11.8 Å². The predicted molar refractivity (Wildman–Crippen MR) is 80.7 cm³/mol. The van der Waals surface area contributed by atoms with Gasteiger partial charge in [0.2, 0.25) is 0 Å². The smallest absolute Gasteiger partial charge is 0.251 e. The monoisotopic (exact) mass is 289 g/mol. The summed E-state index contributed by atoms with van der Waals surface area (Å²) in [7, 11) is 0. The molecule has 0 spiro atoms. The fourth-order valence-electron chi connectivity index (χ4n) is 1.86. The maximum Gasteiger partial charge on any atom is 0.251 e. The standard InChI is InChI=1S/C16H16FNOS/c1-20-15-7-5-13(6-8-15)16(19)18-10-9-12-3-2-4-14(17)11-12/h2-8,11H,9-10H2,1H3,(H,18,19). The average molecular weight is 289 g/mol. The lowest BCUT2D eigenvalue weighted by atomic mass is 10.1. The fourth-order valence-corrected chi connectivity index (χ4v) is 2.27. The molecule has 0 atom stereocenters. The molecular weight excluding hydrogens is 273 g/mol. The highest BCUT2D eigenvalue weighted by molar-refractivity contribution is 7.98. The second-order valence-electron chi connectivity index (χ2n) is 4.36. The second kappa shape index (κ2) is 7.10. The van der Waals surface area contributed by atoms with Gasteiger partial charge in [-0.2, -0.15) is 0 Å². The van der Waals surface area contributed by atoms with E-state index in [0.29, 0.717) is 18.5 Å². The molecule has 0 aliphatic rings. The van der Waals surface area contributed by atoms with Gasteiger partial charge in [-0.1, -0.05) is 12.1 Å². The summed E-state index contributed by atoms with van der Waals surface area (Å²) in [4.78, 5) is 13.0. The molecule has 20 heavy (non-hydrogen) atoms. The van der Waals surface area contributed by atoms with E-state index in [1.54, 1.807) is 17.8 Å². The van der Waals surface area contributed by atoms with Crippen molar-refractivity contribution in [1.82, 2.24) is 5.32 Å². The quantitative estimate of drug-likeness (QED) is 0.853. The van der Waals surface area contributed by atoms with Gasteiger partial charge < -0.3 is 5.32 Å². The molecule has 0 saturated carbocycles. The molecule has 2 aromatic carbocycles. The van der Waals surface area contributed by atoms with E-state index >= 15 is 0 Å². The molecule has 0 fully saturated rings. The molecule has 4 heteroatoms. The number of nitrogens with one attached hydrogen (secondary N) is 1. The number of thioether (sulfide) groups is 1. The van der Waals surface area contributed by atoms with Crippen LogP contribution in [0, 0.1) is 5.82 Å². The zero-order chi connectivity index (χ0) is 14.4. The Balaban J connectivity index is 1.85. The molecule has 2 aromatic rings. The molecular formula is C16H16FNOS. The van der Waals surface area contributed by atoms with Gasteiger partial charge in [-0.3, -0.25) is 4.79 Å². The van der Waals surface area contributed by atoms with Gasteiger partial charge in [0.15, 0.2) is 0 Å². The number of benzene rings is 2.